The lowest BCUT2D eigenvalue weighted by Crippen LogP contribution is -1.92. The first kappa shape index (κ1) is 20.9. The molecule has 0 aliphatic heterocycles. The summed E-state index contributed by atoms with van der Waals surface area (Å²) >= 11 is 12.7. The Balaban J connectivity index is 1.42. The van der Waals surface area contributed by atoms with Gasteiger partial charge in [-0.15, -0.1) is 0 Å². The lowest BCUT2D eigenvalue weighted by molar-refractivity contribution is 0.482. The van der Waals surface area contributed by atoms with Gasteiger partial charge in [-0.2, -0.15) is 0 Å². The Morgan fingerprint density at radius 3 is 1.19 bits per heavy atom. The third-order valence-corrected chi connectivity index (χ3v) is 4.99. The van der Waals surface area contributed by atoms with Gasteiger partial charge in [-0.3, -0.25) is 0 Å². The molecule has 0 unspecified atom stereocenters. The van der Waals surface area contributed by atoms with Crippen LogP contribution in [0.3, 0.4) is 0 Å². The highest BCUT2D eigenvalue weighted by Gasteiger charge is 2.05. The largest absolute Gasteiger partial charge is 0.457 e. The Bertz CT molecular complexity index is 1090. The van der Waals surface area contributed by atoms with E-state index in [1.807, 2.05) is 109 Å². The Morgan fingerprint density at radius 2 is 0.839 bits per heavy atom. The molecule has 0 bridgehead atoms. The molecular formula is C26H18Cl2N2O. The number of halogens is 2. The van der Waals surface area contributed by atoms with Crippen LogP contribution in [0.5, 0.6) is 11.5 Å². The van der Waals surface area contributed by atoms with Gasteiger partial charge in [-0.25, -0.2) is 9.98 Å². The van der Waals surface area contributed by atoms with Crippen LogP contribution < -0.4 is 4.74 Å². The number of hydrogen-bond donors (Lipinski definition) is 0. The van der Waals surface area contributed by atoms with Crippen molar-refractivity contribution in [1.82, 2.24) is 0 Å². The van der Waals surface area contributed by atoms with E-state index in [0.717, 1.165) is 22.5 Å². The summed E-state index contributed by atoms with van der Waals surface area (Å²) in [5.41, 5.74) is 3.25. The fraction of sp³-hybridized carbons (Fsp3) is 0. The first-order valence-corrected chi connectivity index (χ1v) is 10.4. The van der Waals surface area contributed by atoms with Crippen molar-refractivity contribution in [3.8, 4) is 11.5 Å². The molecule has 0 spiro atoms. The highest BCUT2D eigenvalue weighted by molar-refractivity contribution is 6.70. The van der Waals surface area contributed by atoms with Crippen molar-refractivity contribution in [3.05, 3.63) is 120 Å². The van der Waals surface area contributed by atoms with E-state index in [2.05, 4.69) is 9.98 Å². The van der Waals surface area contributed by atoms with Gasteiger partial charge in [0, 0.05) is 11.1 Å². The maximum absolute atomic E-state index is 6.34. The molecule has 0 aromatic heterocycles. The van der Waals surface area contributed by atoms with Crippen LogP contribution in [0.25, 0.3) is 0 Å². The Labute approximate surface area is 191 Å². The molecule has 0 heterocycles. The van der Waals surface area contributed by atoms with Gasteiger partial charge in [-0.1, -0.05) is 59.6 Å². The molecule has 0 saturated heterocycles. The van der Waals surface area contributed by atoms with E-state index in [-0.39, 0.29) is 0 Å². The number of para-hydroxylation sites is 2. The van der Waals surface area contributed by atoms with Crippen molar-refractivity contribution in [3.63, 3.8) is 0 Å². The molecule has 0 atom stereocenters. The summed E-state index contributed by atoms with van der Waals surface area (Å²) in [6, 6.07) is 34.1. The zero-order chi connectivity index (χ0) is 21.5. The molecule has 4 aromatic rings. The number of ether oxygens (including phenoxy) is 1. The summed E-state index contributed by atoms with van der Waals surface area (Å²) in [6.45, 7) is 0. The second-order valence-corrected chi connectivity index (χ2v) is 7.34. The van der Waals surface area contributed by atoms with E-state index in [4.69, 9.17) is 27.9 Å². The van der Waals surface area contributed by atoms with Gasteiger partial charge in [0.05, 0.1) is 11.4 Å². The van der Waals surface area contributed by atoms with Crippen LogP contribution in [0.1, 0.15) is 11.1 Å². The third-order valence-electron chi connectivity index (χ3n) is 4.39. The molecule has 3 nitrogen and oxygen atoms in total. The molecule has 0 saturated carbocycles. The summed E-state index contributed by atoms with van der Waals surface area (Å²) in [6.07, 6.45) is 0. The minimum atomic E-state index is 0.425. The second kappa shape index (κ2) is 10.1. The zero-order valence-electron chi connectivity index (χ0n) is 16.5. The van der Waals surface area contributed by atoms with Gasteiger partial charge in [0.15, 0.2) is 0 Å². The van der Waals surface area contributed by atoms with Crippen molar-refractivity contribution in [2.24, 2.45) is 9.98 Å². The number of hydrogen-bond acceptors (Lipinski definition) is 3. The predicted octanol–water partition coefficient (Wildman–Crippen LogP) is 8.11. The molecule has 4 aromatic carbocycles. The Hall–Kier alpha value is -3.40. The highest BCUT2D eigenvalue weighted by Crippen LogP contribution is 2.24. The SMILES string of the molecule is ClC(=Nc1ccccc1)c1ccc(Oc2ccc(C(Cl)=Nc3ccccc3)cc2)cc1. The first-order valence-electron chi connectivity index (χ1n) is 9.64. The fourth-order valence-corrected chi connectivity index (χ4v) is 3.27. The van der Waals surface area contributed by atoms with Crippen LogP contribution in [-0.2, 0) is 0 Å². The quantitative estimate of drug-likeness (QED) is 0.276. The Morgan fingerprint density at radius 1 is 0.484 bits per heavy atom. The number of rotatable bonds is 6. The fourth-order valence-electron chi connectivity index (χ4n) is 2.82. The summed E-state index contributed by atoms with van der Waals surface area (Å²) in [5.74, 6) is 1.40. The number of nitrogens with zero attached hydrogens (tertiary/aromatic N) is 2. The highest BCUT2D eigenvalue weighted by atomic mass is 35.5. The van der Waals surface area contributed by atoms with Crippen molar-refractivity contribution >= 4 is 44.9 Å². The van der Waals surface area contributed by atoms with Crippen LogP contribution in [-0.4, -0.2) is 10.3 Å². The number of benzene rings is 4. The maximum Gasteiger partial charge on any atom is 0.136 e. The minimum Gasteiger partial charge on any atom is -0.457 e. The molecule has 0 radical (unpaired) electrons. The van der Waals surface area contributed by atoms with Crippen LogP contribution >= 0.6 is 23.2 Å². The van der Waals surface area contributed by atoms with Gasteiger partial charge in [0.25, 0.3) is 0 Å². The summed E-state index contributed by atoms with van der Waals surface area (Å²) < 4.78 is 5.92. The third kappa shape index (κ3) is 5.82. The molecule has 5 heteroatoms. The van der Waals surface area contributed by atoms with Crippen molar-refractivity contribution in [1.29, 1.82) is 0 Å². The van der Waals surface area contributed by atoms with Crippen molar-refractivity contribution < 1.29 is 4.74 Å². The molecule has 0 aliphatic rings. The molecule has 152 valence electrons. The molecule has 4 rings (SSSR count). The van der Waals surface area contributed by atoms with Crippen LogP contribution in [0, 0.1) is 0 Å². The molecule has 0 N–H and O–H groups in total. The van der Waals surface area contributed by atoms with Gasteiger partial charge < -0.3 is 4.74 Å². The van der Waals surface area contributed by atoms with E-state index in [9.17, 15) is 0 Å². The maximum atomic E-state index is 6.34. The minimum absolute atomic E-state index is 0.425. The van der Waals surface area contributed by atoms with Crippen LogP contribution in [0.2, 0.25) is 0 Å². The lowest BCUT2D eigenvalue weighted by atomic mass is 10.2. The van der Waals surface area contributed by atoms with Gasteiger partial charge >= 0.3 is 0 Å². The molecule has 0 aliphatic carbocycles. The van der Waals surface area contributed by atoms with Gasteiger partial charge in [0.2, 0.25) is 0 Å². The standard InChI is InChI=1S/C26H18Cl2N2O/c27-25(29-21-7-3-1-4-8-21)19-11-15-23(16-12-19)31-24-17-13-20(14-18-24)26(28)30-22-9-5-2-6-10-22/h1-18H. The van der Waals surface area contributed by atoms with E-state index in [1.54, 1.807) is 0 Å². The monoisotopic (exact) mass is 444 g/mol. The van der Waals surface area contributed by atoms with Gasteiger partial charge in [0.1, 0.15) is 21.8 Å². The summed E-state index contributed by atoms with van der Waals surface area (Å²) in [5, 5.41) is 0.851. The predicted molar refractivity (Wildman–Crippen MR) is 130 cm³/mol. The number of aliphatic imine (C=N–C) groups is 2. The van der Waals surface area contributed by atoms with Crippen LogP contribution in [0.4, 0.5) is 11.4 Å². The topological polar surface area (TPSA) is 34.0 Å². The normalized spacial score (nSPS) is 11.9. The van der Waals surface area contributed by atoms with E-state index in [0.29, 0.717) is 21.8 Å². The molecule has 0 fully saturated rings. The first-order chi connectivity index (χ1) is 15.2. The van der Waals surface area contributed by atoms with Crippen molar-refractivity contribution in [2.75, 3.05) is 0 Å². The average Bonchev–Trinajstić information content (AvgIpc) is 2.81. The van der Waals surface area contributed by atoms with E-state index >= 15 is 0 Å². The lowest BCUT2D eigenvalue weighted by Gasteiger charge is -2.07. The molecule has 31 heavy (non-hydrogen) atoms. The van der Waals surface area contributed by atoms with Gasteiger partial charge in [-0.05, 0) is 72.8 Å². The Kier molecular flexibility index (Phi) is 6.78. The second-order valence-electron chi connectivity index (χ2n) is 6.63. The average molecular weight is 445 g/mol. The smallest absolute Gasteiger partial charge is 0.136 e. The summed E-state index contributed by atoms with van der Waals surface area (Å²) in [4.78, 5) is 8.83. The van der Waals surface area contributed by atoms with Crippen molar-refractivity contribution in [2.45, 2.75) is 0 Å². The van der Waals surface area contributed by atoms with E-state index in [1.165, 1.54) is 0 Å². The van der Waals surface area contributed by atoms with E-state index < -0.39 is 0 Å². The molecular weight excluding hydrogens is 427 g/mol. The molecule has 0 amide bonds. The summed E-state index contributed by atoms with van der Waals surface area (Å²) in [7, 11) is 0. The van der Waals surface area contributed by atoms with Crippen LogP contribution in [0.15, 0.2) is 119 Å². The zero-order valence-corrected chi connectivity index (χ0v) is 18.0.